The lowest BCUT2D eigenvalue weighted by molar-refractivity contribution is 0.0688. The monoisotopic (exact) mass is 273 g/mol. The highest BCUT2D eigenvalue weighted by Crippen LogP contribution is 2.20. The molecule has 1 aliphatic rings. The number of nitrogens with zero attached hydrogens (tertiary/aromatic N) is 1. The van der Waals surface area contributed by atoms with Gasteiger partial charge in [-0.15, -0.1) is 0 Å². The van der Waals surface area contributed by atoms with Crippen LogP contribution < -0.4 is 10.5 Å². The van der Waals surface area contributed by atoms with Gasteiger partial charge in [0.15, 0.2) is 0 Å². The van der Waals surface area contributed by atoms with Crippen molar-refractivity contribution in [2.75, 3.05) is 13.1 Å². The number of hydrogen-bond donors (Lipinski definition) is 3. The van der Waals surface area contributed by atoms with Crippen LogP contribution in [0.4, 0.5) is 0 Å². The first-order valence-corrected chi connectivity index (χ1v) is 7.07. The second-order valence-electron chi connectivity index (χ2n) is 4.40. The fourth-order valence-corrected chi connectivity index (χ4v) is 2.94. The molecule has 0 amide bonds. The Morgan fingerprint density at radius 3 is 2.83 bits per heavy atom. The highest BCUT2D eigenvalue weighted by atomic mass is 32.2. The third kappa shape index (κ3) is 2.55. The maximum absolute atomic E-state index is 11.3. The summed E-state index contributed by atoms with van der Waals surface area (Å²) in [5.41, 5.74) is 0.245. The maximum atomic E-state index is 11.3. The van der Waals surface area contributed by atoms with Crippen LogP contribution in [0.1, 0.15) is 22.5 Å². The highest BCUT2D eigenvalue weighted by Gasteiger charge is 2.24. The van der Waals surface area contributed by atoms with E-state index >= 15 is 0 Å². The smallest absolute Gasteiger partial charge is 0.353 e. The predicted octanol–water partition coefficient (Wildman–Crippen LogP) is -0.610. The molecule has 4 N–H and O–H groups in total. The Morgan fingerprint density at radius 1 is 1.61 bits per heavy atom. The molecule has 1 fully saturated rings. The van der Waals surface area contributed by atoms with Crippen molar-refractivity contribution in [3.63, 3.8) is 0 Å². The van der Waals surface area contributed by atoms with Gasteiger partial charge in [0.05, 0.1) is 0 Å². The van der Waals surface area contributed by atoms with Crippen LogP contribution in [0, 0.1) is 5.92 Å². The van der Waals surface area contributed by atoms with Gasteiger partial charge in [-0.1, -0.05) is 0 Å². The van der Waals surface area contributed by atoms with Gasteiger partial charge in [0.2, 0.25) is 0 Å². The van der Waals surface area contributed by atoms with Gasteiger partial charge in [0, 0.05) is 6.20 Å². The van der Waals surface area contributed by atoms with Gasteiger partial charge in [-0.05, 0) is 43.5 Å². The lowest BCUT2D eigenvalue weighted by Crippen LogP contribution is -2.25. The standard InChI is InChI=1S/C10H15N3O4S/c11-18(16,17)13-4-2-8(9(13)10(14)15)5-7-1-3-12-6-7/h2,4,7,12H,1,3,5-6H2,(H,14,15)(H2,11,16,17). The van der Waals surface area contributed by atoms with E-state index in [0.29, 0.717) is 21.9 Å². The molecule has 0 spiro atoms. The van der Waals surface area contributed by atoms with Crippen molar-refractivity contribution in [3.8, 4) is 0 Å². The summed E-state index contributed by atoms with van der Waals surface area (Å²) in [5.74, 6) is -0.950. The molecule has 1 aromatic heterocycles. The molecule has 0 bridgehead atoms. The van der Waals surface area contributed by atoms with Crippen molar-refractivity contribution < 1.29 is 18.3 Å². The average molecular weight is 273 g/mol. The van der Waals surface area contributed by atoms with Gasteiger partial charge in [-0.3, -0.25) is 0 Å². The lowest BCUT2D eigenvalue weighted by atomic mass is 9.99. The molecule has 0 aromatic carbocycles. The molecule has 1 saturated heterocycles. The van der Waals surface area contributed by atoms with Crippen LogP contribution in [-0.2, 0) is 16.6 Å². The van der Waals surface area contributed by atoms with Crippen LogP contribution in [0.15, 0.2) is 12.3 Å². The van der Waals surface area contributed by atoms with E-state index in [1.54, 1.807) is 0 Å². The normalized spacial score (nSPS) is 20.2. The molecule has 0 aliphatic carbocycles. The summed E-state index contributed by atoms with van der Waals surface area (Å²) < 4.78 is 23.2. The first-order chi connectivity index (χ1) is 8.39. The summed E-state index contributed by atoms with van der Waals surface area (Å²) in [7, 11) is -4.07. The topological polar surface area (TPSA) is 114 Å². The number of carboxylic acids is 1. The Kier molecular flexibility index (Phi) is 3.42. The summed E-state index contributed by atoms with van der Waals surface area (Å²) in [6.45, 7) is 1.72. The van der Waals surface area contributed by atoms with E-state index in [-0.39, 0.29) is 5.69 Å². The van der Waals surface area contributed by atoms with Crippen LogP contribution in [0.2, 0.25) is 0 Å². The minimum atomic E-state index is -4.07. The van der Waals surface area contributed by atoms with E-state index in [1.165, 1.54) is 12.3 Å². The van der Waals surface area contributed by atoms with Crippen LogP contribution in [0.25, 0.3) is 0 Å². The van der Waals surface area contributed by atoms with Gasteiger partial charge in [-0.25, -0.2) is 13.9 Å². The summed E-state index contributed by atoms with van der Waals surface area (Å²) in [5, 5.41) is 17.3. The largest absolute Gasteiger partial charge is 0.477 e. The molecular weight excluding hydrogens is 258 g/mol. The molecule has 0 radical (unpaired) electrons. The van der Waals surface area contributed by atoms with Gasteiger partial charge in [-0.2, -0.15) is 8.42 Å². The minimum Gasteiger partial charge on any atom is -0.477 e. The summed E-state index contributed by atoms with van der Waals surface area (Å²) in [6, 6.07) is 1.51. The minimum absolute atomic E-state index is 0.260. The van der Waals surface area contributed by atoms with Crippen LogP contribution in [0.3, 0.4) is 0 Å². The zero-order valence-electron chi connectivity index (χ0n) is 9.67. The number of nitrogens with one attached hydrogen (secondary N) is 1. The second-order valence-corrected chi connectivity index (χ2v) is 5.82. The van der Waals surface area contributed by atoms with E-state index in [9.17, 15) is 13.2 Å². The molecule has 1 aromatic rings. The average Bonchev–Trinajstić information content (AvgIpc) is 2.85. The number of hydrogen-bond acceptors (Lipinski definition) is 4. The zero-order chi connectivity index (χ0) is 13.3. The van der Waals surface area contributed by atoms with Crippen molar-refractivity contribution >= 4 is 16.2 Å². The number of aromatic carboxylic acids is 1. The first kappa shape index (κ1) is 13.1. The summed E-state index contributed by atoms with van der Waals surface area (Å²) >= 11 is 0. The molecule has 2 rings (SSSR count). The molecule has 0 saturated carbocycles. The molecule has 8 heteroatoms. The molecule has 1 aliphatic heterocycles. The van der Waals surface area contributed by atoms with Crippen molar-refractivity contribution in [2.45, 2.75) is 12.8 Å². The molecular formula is C10H15N3O4S. The molecule has 1 atom stereocenters. The maximum Gasteiger partial charge on any atom is 0.353 e. The third-order valence-corrected chi connectivity index (χ3v) is 3.94. The van der Waals surface area contributed by atoms with E-state index < -0.39 is 16.2 Å². The summed E-state index contributed by atoms with van der Waals surface area (Å²) in [4.78, 5) is 11.2. The molecule has 1 unspecified atom stereocenters. The van der Waals surface area contributed by atoms with Gasteiger partial charge in [0.1, 0.15) is 5.69 Å². The number of aromatic nitrogens is 1. The first-order valence-electron chi connectivity index (χ1n) is 5.57. The SMILES string of the molecule is NS(=O)(=O)n1ccc(CC2CCNC2)c1C(=O)O. The van der Waals surface area contributed by atoms with Crippen molar-refractivity contribution in [2.24, 2.45) is 11.1 Å². The Labute approximate surface area is 105 Å². The zero-order valence-corrected chi connectivity index (χ0v) is 10.5. The fourth-order valence-electron chi connectivity index (χ4n) is 2.26. The highest BCUT2D eigenvalue weighted by molar-refractivity contribution is 7.87. The number of rotatable bonds is 4. The Morgan fingerprint density at radius 2 is 2.33 bits per heavy atom. The quantitative estimate of drug-likeness (QED) is 0.677. The van der Waals surface area contributed by atoms with Crippen LogP contribution >= 0.6 is 0 Å². The molecule has 7 nitrogen and oxygen atoms in total. The lowest BCUT2D eigenvalue weighted by Gasteiger charge is -2.09. The van der Waals surface area contributed by atoms with Gasteiger partial charge < -0.3 is 10.4 Å². The summed E-state index contributed by atoms with van der Waals surface area (Å²) in [6.07, 6.45) is 2.69. The number of carbonyl (C=O) groups is 1. The Bertz CT molecular complexity index is 558. The molecule has 2 heterocycles. The van der Waals surface area contributed by atoms with Crippen molar-refractivity contribution in [3.05, 3.63) is 23.5 Å². The predicted molar refractivity (Wildman–Crippen MR) is 64.6 cm³/mol. The van der Waals surface area contributed by atoms with Gasteiger partial charge in [0.25, 0.3) is 0 Å². The number of carboxylic acid groups (broad SMARTS) is 1. The van der Waals surface area contributed by atoms with Gasteiger partial charge >= 0.3 is 16.2 Å². The van der Waals surface area contributed by atoms with E-state index in [1.807, 2.05) is 0 Å². The third-order valence-electron chi connectivity index (χ3n) is 3.08. The van der Waals surface area contributed by atoms with Crippen molar-refractivity contribution in [1.29, 1.82) is 0 Å². The molecule has 100 valence electrons. The fraction of sp³-hybridized carbons (Fsp3) is 0.500. The second kappa shape index (κ2) is 4.71. The van der Waals surface area contributed by atoms with E-state index in [4.69, 9.17) is 10.2 Å². The number of nitrogens with two attached hydrogens (primary N) is 1. The molecule has 18 heavy (non-hydrogen) atoms. The Balaban J connectivity index is 2.36. The van der Waals surface area contributed by atoms with E-state index in [2.05, 4.69) is 5.32 Å². The van der Waals surface area contributed by atoms with Crippen molar-refractivity contribution in [1.82, 2.24) is 9.29 Å². The van der Waals surface area contributed by atoms with Crippen LogP contribution in [0.5, 0.6) is 0 Å². The van der Waals surface area contributed by atoms with E-state index in [0.717, 1.165) is 19.5 Å². The Hall–Kier alpha value is -1.38. The van der Waals surface area contributed by atoms with Crippen LogP contribution in [-0.4, -0.2) is 36.6 Å².